The van der Waals surface area contributed by atoms with Crippen molar-refractivity contribution in [1.29, 1.82) is 0 Å². The molecule has 0 saturated carbocycles. The zero-order valence-electron chi connectivity index (χ0n) is 7.19. The molecular weight excluding hydrogens is 174 g/mol. The third-order valence-electron chi connectivity index (χ3n) is 1.52. The first-order valence-corrected chi connectivity index (χ1v) is 4.65. The van der Waals surface area contributed by atoms with Gasteiger partial charge in [-0.25, -0.2) is 0 Å². The van der Waals surface area contributed by atoms with Gasteiger partial charge in [-0.3, -0.25) is 4.99 Å². The maximum Gasteiger partial charge on any atom is 0.119 e. The molecule has 0 aromatic rings. The molecule has 0 radical (unpaired) electrons. The average Bonchev–Trinajstić information content (AvgIpc) is 2.03. The molecule has 0 bridgehead atoms. The van der Waals surface area contributed by atoms with Crippen molar-refractivity contribution in [3.8, 4) is 0 Å². The lowest BCUT2D eigenvalue weighted by Gasteiger charge is -2.22. The first-order valence-electron chi connectivity index (χ1n) is 3.77. The predicted molar refractivity (Wildman–Crippen MR) is 51.3 cm³/mol. The molecule has 0 saturated heterocycles. The molecule has 68 valence electrons. The molecule has 1 rings (SSSR count). The van der Waals surface area contributed by atoms with Crippen LogP contribution in [0.5, 0.6) is 0 Å². The molecule has 1 aliphatic heterocycles. The summed E-state index contributed by atoms with van der Waals surface area (Å²) in [6.07, 6.45) is 0.941. The highest BCUT2D eigenvalue weighted by molar-refractivity contribution is 8.04. The predicted octanol–water partition coefficient (Wildman–Crippen LogP) is 0.777. The van der Waals surface area contributed by atoms with Crippen LogP contribution < -0.4 is 0 Å². The fourth-order valence-electron chi connectivity index (χ4n) is 0.761. The molecule has 3 nitrogen and oxygen atoms in total. The van der Waals surface area contributed by atoms with Crippen LogP contribution in [0.1, 0.15) is 13.8 Å². The third-order valence-corrected chi connectivity index (χ3v) is 2.59. The van der Waals surface area contributed by atoms with Gasteiger partial charge in [0.05, 0.1) is 12.3 Å². The molecule has 0 aromatic heterocycles. The van der Waals surface area contributed by atoms with Crippen molar-refractivity contribution in [3.05, 3.63) is 11.1 Å². The molecule has 1 heterocycles. The van der Waals surface area contributed by atoms with Crippen LogP contribution in [0.25, 0.3) is 0 Å². The SMILES string of the molecule is CC1(C)C=NC(C(O)CO)=CS1. The van der Waals surface area contributed by atoms with Gasteiger partial charge in [0.1, 0.15) is 6.10 Å². The Bertz CT molecular complexity index is 223. The zero-order chi connectivity index (χ0) is 9.19. The summed E-state index contributed by atoms with van der Waals surface area (Å²) < 4.78 is -0.00131. The van der Waals surface area contributed by atoms with Crippen molar-refractivity contribution < 1.29 is 10.2 Å². The second-order valence-corrected chi connectivity index (χ2v) is 4.74. The van der Waals surface area contributed by atoms with Gasteiger partial charge < -0.3 is 10.2 Å². The molecule has 2 N–H and O–H groups in total. The number of aliphatic hydroxyl groups is 2. The van der Waals surface area contributed by atoms with E-state index in [1.165, 1.54) is 0 Å². The first kappa shape index (κ1) is 9.77. The Morgan fingerprint density at radius 3 is 2.75 bits per heavy atom. The second-order valence-electron chi connectivity index (χ2n) is 3.22. The van der Waals surface area contributed by atoms with Gasteiger partial charge in [0.25, 0.3) is 0 Å². The minimum atomic E-state index is -0.843. The molecule has 1 aliphatic rings. The number of rotatable bonds is 2. The monoisotopic (exact) mass is 187 g/mol. The van der Waals surface area contributed by atoms with Gasteiger partial charge in [-0.05, 0) is 19.3 Å². The number of hydrogen-bond acceptors (Lipinski definition) is 4. The summed E-state index contributed by atoms with van der Waals surface area (Å²) in [6.45, 7) is 3.81. The van der Waals surface area contributed by atoms with Gasteiger partial charge in [-0.2, -0.15) is 0 Å². The van der Waals surface area contributed by atoms with E-state index in [-0.39, 0.29) is 11.4 Å². The first-order chi connectivity index (χ1) is 5.55. The average molecular weight is 187 g/mol. The van der Waals surface area contributed by atoms with Crippen LogP contribution in [0, 0.1) is 0 Å². The third kappa shape index (κ3) is 2.33. The van der Waals surface area contributed by atoms with Crippen molar-refractivity contribution in [2.45, 2.75) is 24.7 Å². The molecule has 12 heavy (non-hydrogen) atoms. The van der Waals surface area contributed by atoms with Crippen molar-refractivity contribution in [2.24, 2.45) is 4.99 Å². The maximum absolute atomic E-state index is 9.21. The molecule has 4 heteroatoms. The van der Waals surface area contributed by atoms with Crippen molar-refractivity contribution in [1.82, 2.24) is 0 Å². The lowest BCUT2D eigenvalue weighted by molar-refractivity contribution is 0.121. The van der Waals surface area contributed by atoms with Crippen LogP contribution in [-0.2, 0) is 0 Å². The molecule has 0 aromatic carbocycles. The summed E-state index contributed by atoms with van der Waals surface area (Å²) >= 11 is 1.59. The highest BCUT2D eigenvalue weighted by Crippen LogP contribution is 2.29. The summed E-state index contributed by atoms with van der Waals surface area (Å²) in [5.74, 6) is 0. The van der Waals surface area contributed by atoms with E-state index in [0.717, 1.165) is 0 Å². The zero-order valence-corrected chi connectivity index (χ0v) is 8.01. The molecule has 1 atom stereocenters. The minimum Gasteiger partial charge on any atom is -0.393 e. The van der Waals surface area contributed by atoms with Gasteiger partial charge in [-0.15, -0.1) is 11.8 Å². The van der Waals surface area contributed by atoms with E-state index in [9.17, 15) is 5.11 Å². The van der Waals surface area contributed by atoms with Crippen molar-refractivity contribution in [3.63, 3.8) is 0 Å². The quantitative estimate of drug-likeness (QED) is 0.671. The van der Waals surface area contributed by atoms with Crippen LogP contribution in [0.2, 0.25) is 0 Å². The Morgan fingerprint density at radius 1 is 1.67 bits per heavy atom. The second kappa shape index (κ2) is 3.60. The smallest absolute Gasteiger partial charge is 0.119 e. The van der Waals surface area contributed by atoms with Gasteiger partial charge >= 0.3 is 0 Å². The maximum atomic E-state index is 9.21. The molecule has 0 fully saturated rings. The Kier molecular flexibility index (Phi) is 2.93. The highest BCUT2D eigenvalue weighted by atomic mass is 32.2. The summed E-state index contributed by atoms with van der Waals surface area (Å²) in [5, 5.41) is 19.6. The number of aliphatic hydroxyl groups excluding tert-OH is 2. The van der Waals surface area contributed by atoms with Crippen molar-refractivity contribution in [2.75, 3.05) is 6.61 Å². The van der Waals surface area contributed by atoms with Crippen LogP contribution in [0.4, 0.5) is 0 Å². The van der Waals surface area contributed by atoms with E-state index in [1.807, 2.05) is 13.8 Å². The van der Waals surface area contributed by atoms with E-state index < -0.39 is 6.10 Å². The van der Waals surface area contributed by atoms with Crippen molar-refractivity contribution >= 4 is 18.0 Å². The summed E-state index contributed by atoms with van der Waals surface area (Å²) in [6, 6.07) is 0. The number of hydrogen-bond donors (Lipinski definition) is 2. The Morgan fingerprint density at radius 2 is 2.33 bits per heavy atom. The topological polar surface area (TPSA) is 52.8 Å². The lowest BCUT2D eigenvalue weighted by atomic mass is 10.2. The molecule has 0 aliphatic carbocycles. The van der Waals surface area contributed by atoms with Crippen LogP contribution in [0.3, 0.4) is 0 Å². The van der Waals surface area contributed by atoms with E-state index in [0.29, 0.717) is 5.70 Å². The molecule has 1 unspecified atom stereocenters. The standard InChI is InChI=1S/C8H13NO2S/c1-8(2)5-9-6(4-12-8)7(11)3-10/h4-5,7,10-11H,3H2,1-2H3. The van der Waals surface area contributed by atoms with Gasteiger partial charge in [0.2, 0.25) is 0 Å². The van der Waals surface area contributed by atoms with E-state index >= 15 is 0 Å². The normalized spacial score (nSPS) is 23.5. The van der Waals surface area contributed by atoms with Gasteiger partial charge in [-0.1, -0.05) is 0 Å². The fourth-order valence-corrected chi connectivity index (χ4v) is 1.52. The largest absolute Gasteiger partial charge is 0.393 e. The van der Waals surface area contributed by atoms with Gasteiger partial charge in [0, 0.05) is 11.0 Å². The van der Waals surface area contributed by atoms with Gasteiger partial charge in [0.15, 0.2) is 0 Å². The highest BCUT2D eigenvalue weighted by Gasteiger charge is 2.20. The van der Waals surface area contributed by atoms with E-state index in [4.69, 9.17) is 5.11 Å². The van der Waals surface area contributed by atoms with E-state index in [1.54, 1.807) is 23.4 Å². The molecule has 0 amide bonds. The van der Waals surface area contributed by atoms with E-state index in [2.05, 4.69) is 4.99 Å². The number of aliphatic imine (C=N–C) groups is 1. The van der Waals surface area contributed by atoms with Crippen LogP contribution in [-0.4, -0.2) is 33.9 Å². The summed E-state index contributed by atoms with van der Waals surface area (Å²) in [5.41, 5.74) is 0.543. The Labute approximate surface area is 76.2 Å². The fraction of sp³-hybridized carbons (Fsp3) is 0.625. The molecule has 0 spiro atoms. The van der Waals surface area contributed by atoms with Crippen LogP contribution in [0.15, 0.2) is 16.1 Å². The Hall–Kier alpha value is -0.320. The summed E-state index contributed by atoms with van der Waals surface area (Å²) in [4.78, 5) is 4.06. The van der Waals surface area contributed by atoms with Crippen LogP contribution >= 0.6 is 11.8 Å². The lowest BCUT2D eigenvalue weighted by Crippen LogP contribution is -2.22. The Balaban J connectivity index is 2.64. The molecular formula is C8H13NO2S. The summed E-state index contributed by atoms with van der Waals surface area (Å²) in [7, 11) is 0. The number of nitrogens with zero attached hydrogens (tertiary/aromatic N) is 1. The minimum absolute atomic E-state index is 0.00131. The number of thioether (sulfide) groups is 1.